The van der Waals surface area contributed by atoms with E-state index >= 15 is 0 Å². The summed E-state index contributed by atoms with van der Waals surface area (Å²) in [6.45, 7) is 2.11. The minimum Gasteiger partial charge on any atom is -0.331 e. The summed E-state index contributed by atoms with van der Waals surface area (Å²) >= 11 is 5.22. The largest absolute Gasteiger partial charge is 0.331 e. The van der Waals surface area contributed by atoms with Crippen LogP contribution in [0.2, 0.25) is 0 Å². The van der Waals surface area contributed by atoms with Gasteiger partial charge in [0.2, 0.25) is 0 Å². The molecular formula is C17H18N6OS. The number of hydrazine groups is 1. The molecule has 1 amide bonds. The number of amides is 1. The van der Waals surface area contributed by atoms with Crippen LogP contribution in [0.1, 0.15) is 12.5 Å². The molecule has 0 aliphatic heterocycles. The average molecular weight is 354 g/mol. The maximum Gasteiger partial charge on any atom is 0.260 e. The Balaban J connectivity index is 1.54. The molecule has 2 aromatic carbocycles. The van der Waals surface area contributed by atoms with Crippen molar-refractivity contribution in [3.05, 3.63) is 54.1 Å². The van der Waals surface area contributed by atoms with E-state index in [9.17, 15) is 4.79 Å². The van der Waals surface area contributed by atoms with Gasteiger partial charge in [0.05, 0.1) is 5.52 Å². The highest BCUT2D eigenvalue weighted by Gasteiger charge is 2.09. The molecule has 0 saturated heterocycles. The van der Waals surface area contributed by atoms with E-state index in [2.05, 4.69) is 33.4 Å². The molecule has 3 N–H and O–H groups in total. The Kier molecular flexibility index (Phi) is 5.20. The molecule has 0 spiro atoms. The van der Waals surface area contributed by atoms with Crippen LogP contribution >= 0.6 is 12.2 Å². The first-order valence-corrected chi connectivity index (χ1v) is 8.30. The summed E-state index contributed by atoms with van der Waals surface area (Å²) in [7, 11) is 0. The molecule has 7 nitrogen and oxygen atoms in total. The van der Waals surface area contributed by atoms with Gasteiger partial charge in [-0.2, -0.15) is 0 Å². The molecule has 8 heteroatoms. The van der Waals surface area contributed by atoms with Crippen LogP contribution in [0.25, 0.3) is 11.0 Å². The lowest BCUT2D eigenvalue weighted by Crippen LogP contribution is -2.45. The maximum atomic E-state index is 12.1. The number of nitrogens with one attached hydrogen (secondary N) is 3. The molecular weight excluding hydrogens is 336 g/mol. The second kappa shape index (κ2) is 7.71. The van der Waals surface area contributed by atoms with Crippen LogP contribution in [0.5, 0.6) is 0 Å². The van der Waals surface area contributed by atoms with Gasteiger partial charge < -0.3 is 5.32 Å². The first-order chi connectivity index (χ1) is 12.2. The van der Waals surface area contributed by atoms with Crippen molar-refractivity contribution in [2.24, 2.45) is 0 Å². The molecule has 0 radical (unpaired) electrons. The SMILES string of the molecule is CCc1ccccc1NC(=S)NNC(=O)Cn1nnc2ccccc21. The van der Waals surface area contributed by atoms with E-state index in [4.69, 9.17) is 12.2 Å². The zero-order chi connectivity index (χ0) is 17.6. The fourth-order valence-corrected chi connectivity index (χ4v) is 2.60. The van der Waals surface area contributed by atoms with E-state index < -0.39 is 0 Å². The number of hydrogen-bond donors (Lipinski definition) is 3. The van der Waals surface area contributed by atoms with Gasteiger partial charge in [0.1, 0.15) is 12.1 Å². The van der Waals surface area contributed by atoms with Gasteiger partial charge in [0, 0.05) is 5.69 Å². The van der Waals surface area contributed by atoms with Gasteiger partial charge in [0.15, 0.2) is 5.11 Å². The summed E-state index contributed by atoms with van der Waals surface area (Å²) in [5.41, 5.74) is 8.87. The summed E-state index contributed by atoms with van der Waals surface area (Å²) in [5, 5.41) is 11.4. The number of fused-ring (bicyclic) bond motifs is 1. The van der Waals surface area contributed by atoms with E-state index in [1.807, 2.05) is 48.5 Å². The predicted molar refractivity (Wildman–Crippen MR) is 101 cm³/mol. The second-order valence-corrected chi connectivity index (χ2v) is 5.78. The molecule has 0 atom stereocenters. The average Bonchev–Trinajstić information content (AvgIpc) is 3.03. The van der Waals surface area contributed by atoms with Crippen LogP contribution < -0.4 is 16.2 Å². The molecule has 0 bridgehead atoms. The number of hydrogen-bond acceptors (Lipinski definition) is 4. The maximum absolute atomic E-state index is 12.1. The van der Waals surface area contributed by atoms with Gasteiger partial charge in [-0.05, 0) is 42.4 Å². The highest BCUT2D eigenvalue weighted by molar-refractivity contribution is 7.80. The number of aryl methyl sites for hydroxylation is 1. The van der Waals surface area contributed by atoms with Crippen LogP contribution in [0.3, 0.4) is 0 Å². The van der Waals surface area contributed by atoms with Crippen molar-refractivity contribution < 1.29 is 4.79 Å². The first-order valence-electron chi connectivity index (χ1n) is 7.89. The summed E-state index contributed by atoms with van der Waals surface area (Å²) in [6, 6.07) is 15.3. The smallest absolute Gasteiger partial charge is 0.260 e. The van der Waals surface area contributed by atoms with Crippen LogP contribution in [0.4, 0.5) is 5.69 Å². The third-order valence-corrected chi connectivity index (χ3v) is 3.88. The Morgan fingerprint density at radius 1 is 1.12 bits per heavy atom. The molecule has 0 aliphatic carbocycles. The monoisotopic (exact) mass is 354 g/mol. The Morgan fingerprint density at radius 3 is 2.72 bits per heavy atom. The molecule has 3 rings (SSSR count). The molecule has 25 heavy (non-hydrogen) atoms. The first kappa shape index (κ1) is 16.8. The summed E-state index contributed by atoms with van der Waals surface area (Å²) in [4.78, 5) is 12.1. The normalized spacial score (nSPS) is 10.4. The van der Waals surface area contributed by atoms with E-state index in [0.717, 1.165) is 28.7 Å². The fraction of sp³-hybridized carbons (Fsp3) is 0.176. The van der Waals surface area contributed by atoms with E-state index in [1.54, 1.807) is 0 Å². The van der Waals surface area contributed by atoms with Gasteiger partial charge in [0.25, 0.3) is 5.91 Å². The number of benzene rings is 2. The Morgan fingerprint density at radius 2 is 1.88 bits per heavy atom. The Hall–Kier alpha value is -3.00. The number of rotatable bonds is 4. The van der Waals surface area contributed by atoms with Crippen molar-refractivity contribution in [2.45, 2.75) is 19.9 Å². The van der Waals surface area contributed by atoms with Gasteiger partial charge >= 0.3 is 0 Å². The highest BCUT2D eigenvalue weighted by atomic mass is 32.1. The number of para-hydroxylation sites is 2. The number of carbonyl (C=O) groups excluding carboxylic acids is 1. The van der Waals surface area contributed by atoms with E-state index in [1.165, 1.54) is 4.68 Å². The topological polar surface area (TPSA) is 83.9 Å². The number of aromatic nitrogens is 3. The van der Waals surface area contributed by atoms with Crippen LogP contribution in [0.15, 0.2) is 48.5 Å². The zero-order valence-electron chi connectivity index (χ0n) is 13.7. The summed E-state index contributed by atoms with van der Waals surface area (Å²) in [5.74, 6) is -0.274. The minimum atomic E-state index is -0.274. The summed E-state index contributed by atoms with van der Waals surface area (Å²) < 4.78 is 1.54. The van der Waals surface area contributed by atoms with Crippen molar-refractivity contribution in [3.63, 3.8) is 0 Å². The molecule has 1 heterocycles. The van der Waals surface area contributed by atoms with E-state index in [0.29, 0.717) is 5.11 Å². The quantitative estimate of drug-likeness (QED) is 0.491. The number of nitrogens with zero attached hydrogens (tertiary/aromatic N) is 3. The third kappa shape index (κ3) is 4.10. The van der Waals surface area contributed by atoms with Crippen molar-refractivity contribution in [3.8, 4) is 0 Å². The second-order valence-electron chi connectivity index (χ2n) is 5.37. The standard InChI is InChI=1S/C17H18N6OS/c1-2-12-7-3-4-8-13(12)18-17(25)21-20-16(24)11-23-15-10-6-5-9-14(15)19-22-23/h3-10H,2,11H2,1H3,(H,20,24)(H2,18,21,25). The lowest BCUT2D eigenvalue weighted by Gasteiger charge is -2.14. The van der Waals surface area contributed by atoms with Crippen LogP contribution in [-0.2, 0) is 17.8 Å². The van der Waals surface area contributed by atoms with Crippen molar-refractivity contribution >= 4 is 40.0 Å². The van der Waals surface area contributed by atoms with Gasteiger partial charge in [-0.3, -0.25) is 15.6 Å². The molecule has 0 aliphatic rings. The minimum absolute atomic E-state index is 0.0433. The summed E-state index contributed by atoms with van der Waals surface area (Å²) in [6.07, 6.45) is 0.886. The number of carbonyl (C=O) groups is 1. The number of thiocarbonyl (C=S) groups is 1. The lowest BCUT2D eigenvalue weighted by atomic mass is 10.1. The molecule has 1 aromatic heterocycles. The zero-order valence-corrected chi connectivity index (χ0v) is 14.5. The molecule has 0 saturated carbocycles. The van der Waals surface area contributed by atoms with Gasteiger partial charge in [-0.25, -0.2) is 4.68 Å². The van der Waals surface area contributed by atoms with Crippen LogP contribution in [0, 0.1) is 0 Å². The third-order valence-electron chi connectivity index (χ3n) is 3.68. The van der Waals surface area contributed by atoms with Gasteiger partial charge in [-0.15, -0.1) is 5.10 Å². The highest BCUT2D eigenvalue weighted by Crippen LogP contribution is 2.15. The Bertz CT molecular complexity index is 907. The predicted octanol–water partition coefficient (Wildman–Crippen LogP) is 2.01. The molecule has 0 unspecified atom stereocenters. The molecule has 0 fully saturated rings. The number of anilines is 1. The molecule has 128 valence electrons. The lowest BCUT2D eigenvalue weighted by molar-refractivity contribution is -0.122. The van der Waals surface area contributed by atoms with Crippen molar-refractivity contribution in [2.75, 3.05) is 5.32 Å². The van der Waals surface area contributed by atoms with Crippen molar-refractivity contribution in [1.82, 2.24) is 25.8 Å². The van der Waals surface area contributed by atoms with Crippen LogP contribution in [-0.4, -0.2) is 26.0 Å². The van der Waals surface area contributed by atoms with E-state index in [-0.39, 0.29) is 12.5 Å². The molecule has 3 aromatic rings. The Labute approximate surface area is 150 Å². The fourth-order valence-electron chi connectivity index (χ4n) is 2.44. The van der Waals surface area contributed by atoms with Gasteiger partial charge in [-0.1, -0.05) is 42.5 Å². The van der Waals surface area contributed by atoms with Crippen molar-refractivity contribution in [1.29, 1.82) is 0 Å².